The number of benzene rings is 1. The van der Waals surface area contributed by atoms with Gasteiger partial charge in [0, 0.05) is 0 Å². The number of fused-ring (bicyclic) bond motifs is 1. The molecule has 0 saturated heterocycles. The Bertz CT molecular complexity index is 426. The third-order valence-corrected chi connectivity index (χ3v) is 4.64. The molecule has 1 aliphatic rings. The summed E-state index contributed by atoms with van der Waals surface area (Å²) in [7, 11) is 1.64. The quantitative estimate of drug-likeness (QED) is 0.546. The van der Waals surface area contributed by atoms with Gasteiger partial charge in [0.05, 0.1) is 0 Å². The third-order valence-electron chi connectivity index (χ3n) is 2.72. The topological polar surface area (TPSA) is 46.6 Å². The Morgan fingerprint density at radius 2 is 1.76 bits per heavy atom. The molecule has 1 atom stereocenters. The van der Waals surface area contributed by atoms with Gasteiger partial charge >= 0.3 is 116 Å². The molecule has 4 nitrogen and oxygen atoms in total. The molecule has 0 bridgehead atoms. The van der Waals surface area contributed by atoms with E-state index >= 15 is 0 Å². The van der Waals surface area contributed by atoms with Crippen LogP contribution in [0.25, 0.3) is 0 Å². The van der Waals surface area contributed by atoms with E-state index in [0.29, 0.717) is 53.8 Å². The van der Waals surface area contributed by atoms with Crippen LogP contribution in [0.3, 0.4) is 0 Å². The number of amides is 2. The Labute approximate surface area is 116 Å². The fourth-order valence-electron chi connectivity index (χ4n) is 1.95. The molecule has 2 amide bonds. The van der Waals surface area contributed by atoms with Gasteiger partial charge in [0.15, 0.2) is 0 Å². The molecule has 84 valence electrons. The summed E-state index contributed by atoms with van der Waals surface area (Å²) in [5.41, 5.74) is 1.05. The zero-order chi connectivity index (χ0) is 12.4. The van der Waals surface area contributed by atoms with Crippen molar-refractivity contribution in [3.8, 4) is 0 Å². The summed E-state index contributed by atoms with van der Waals surface area (Å²) < 4.78 is 5.40. The maximum atomic E-state index is 12.0. The number of ether oxygens (including phenoxy) is 1. The van der Waals surface area contributed by atoms with Gasteiger partial charge in [-0.25, -0.2) is 0 Å². The van der Waals surface area contributed by atoms with Crippen molar-refractivity contribution in [3.05, 3.63) is 35.4 Å². The zero-order valence-corrected chi connectivity index (χ0v) is 15.2. The van der Waals surface area contributed by atoms with E-state index in [2.05, 4.69) is 0 Å². The van der Waals surface area contributed by atoms with Gasteiger partial charge in [0.1, 0.15) is 0 Å². The Morgan fingerprint density at radius 1 is 1.24 bits per heavy atom. The van der Waals surface area contributed by atoms with Crippen LogP contribution < -0.4 is 0 Å². The van der Waals surface area contributed by atoms with Crippen LogP contribution in [-0.2, 0) is 30.9 Å². The van der Waals surface area contributed by atoms with Crippen LogP contribution in [0.5, 0.6) is 0 Å². The molecule has 0 N–H and O–H groups in total. The first-order valence-corrected chi connectivity index (χ1v) is 8.59. The van der Waals surface area contributed by atoms with E-state index in [0.717, 1.165) is 0 Å². The molecular formula is C12H12HgNO3+. The zero-order valence-electron chi connectivity index (χ0n) is 9.68. The molecule has 1 aliphatic heterocycles. The fraction of sp³-hybridized carbons (Fsp3) is 0.333. The van der Waals surface area contributed by atoms with Gasteiger partial charge in [-0.15, -0.1) is 0 Å². The average Bonchev–Trinajstić information content (AvgIpc) is 2.56. The number of hydrogen-bond donors (Lipinski definition) is 0. The van der Waals surface area contributed by atoms with Crippen molar-refractivity contribution in [2.75, 3.05) is 20.3 Å². The van der Waals surface area contributed by atoms with E-state index in [9.17, 15) is 9.59 Å². The number of hydrogen-bond acceptors (Lipinski definition) is 3. The van der Waals surface area contributed by atoms with E-state index < -0.39 is 0 Å². The molecule has 1 heterocycles. The van der Waals surface area contributed by atoms with Crippen molar-refractivity contribution in [2.45, 2.75) is 3.43 Å². The van der Waals surface area contributed by atoms with Crippen LogP contribution in [0.1, 0.15) is 20.7 Å². The van der Waals surface area contributed by atoms with E-state index in [1.54, 1.807) is 31.4 Å². The molecular weight excluding hydrogens is 407 g/mol. The number of methoxy groups -OCH3 is 1. The second kappa shape index (κ2) is 5.27. The molecule has 0 aromatic heterocycles. The van der Waals surface area contributed by atoms with E-state index in [1.165, 1.54) is 4.90 Å². The van der Waals surface area contributed by atoms with E-state index in [4.69, 9.17) is 4.74 Å². The molecule has 0 radical (unpaired) electrons. The first-order chi connectivity index (χ1) is 8.15. The standard InChI is InChI=1S/C12H12NO3.Hg/c1-16-8-4-7-13-11(14)9-5-2-3-6-10(9)12(13)15;/h2-6H,7-8H2,1H3;/q;+1. The van der Waals surface area contributed by atoms with Crippen LogP contribution >= 0.6 is 0 Å². The third kappa shape index (κ3) is 2.42. The van der Waals surface area contributed by atoms with Gasteiger partial charge in [-0.2, -0.15) is 0 Å². The predicted octanol–water partition coefficient (Wildman–Crippen LogP) is 1.26. The SMILES string of the molecule is COC[CH]([Hg+])CN1C(=O)c2ccccc2C1=O. The Hall–Kier alpha value is -0.745. The normalized spacial score (nSPS) is 16.3. The predicted molar refractivity (Wildman–Crippen MR) is 57.4 cm³/mol. The van der Waals surface area contributed by atoms with Gasteiger partial charge in [0.2, 0.25) is 0 Å². The molecule has 1 unspecified atom stereocenters. The molecule has 0 saturated carbocycles. The van der Waals surface area contributed by atoms with E-state index in [-0.39, 0.29) is 11.8 Å². The Morgan fingerprint density at radius 3 is 2.24 bits per heavy atom. The number of rotatable bonds is 4. The van der Waals surface area contributed by atoms with Crippen LogP contribution in [0.2, 0.25) is 3.43 Å². The van der Waals surface area contributed by atoms with Gasteiger partial charge in [-0.05, 0) is 0 Å². The van der Waals surface area contributed by atoms with E-state index in [1.807, 2.05) is 0 Å². The van der Waals surface area contributed by atoms with Crippen molar-refractivity contribution in [3.63, 3.8) is 0 Å². The van der Waals surface area contributed by atoms with Crippen LogP contribution in [-0.4, -0.2) is 37.0 Å². The first-order valence-electron chi connectivity index (χ1n) is 5.42. The van der Waals surface area contributed by atoms with Crippen molar-refractivity contribution in [1.29, 1.82) is 0 Å². The summed E-state index contributed by atoms with van der Waals surface area (Å²) in [6.07, 6.45) is 0. The molecule has 2 rings (SSSR count). The summed E-state index contributed by atoms with van der Waals surface area (Å²) in [6.45, 7) is 1.11. The number of imide groups is 1. The molecule has 0 fully saturated rings. The molecule has 17 heavy (non-hydrogen) atoms. The summed E-state index contributed by atoms with van der Waals surface area (Å²) in [6, 6.07) is 6.98. The van der Waals surface area contributed by atoms with Crippen LogP contribution in [0.15, 0.2) is 24.3 Å². The number of nitrogens with zero attached hydrogens (tertiary/aromatic N) is 1. The second-order valence-corrected chi connectivity index (χ2v) is 8.58. The minimum absolute atomic E-state index is 0.169. The van der Waals surface area contributed by atoms with Crippen molar-refractivity contribution < 1.29 is 40.4 Å². The van der Waals surface area contributed by atoms with Crippen molar-refractivity contribution >= 4 is 11.8 Å². The van der Waals surface area contributed by atoms with Gasteiger partial charge in [-0.3, -0.25) is 0 Å². The molecule has 1 aromatic carbocycles. The van der Waals surface area contributed by atoms with Gasteiger partial charge < -0.3 is 0 Å². The van der Waals surface area contributed by atoms with Crippen LogP contribution in [0, 0.1) is 0 Å². The molecule has 1 aromatic rings. The van der Waals surface area contributed by atoms with Gasteiger partial charge in [-0.1, -0.05) is 0 Å². The monoisotopic (exact) mass is 420 g/mol. The summed E-state index contributed by atoms with van der Waals surface area (Å²) in [5, 5.41) is 0. The average molecular weight is 419 g/mol. The minimum atomic E-state index is -0.169. The Balaban J connectivity index is 2.19. The molecule has 0 spiro atoms. The summed E-state index contributed by atoms with van der Waals surface area (Å²) >= 11 is 0.473. The van der Waals surface area contributed by atoms with Crippen molar-refractivity contribution in [2.24, 2.45) is 0 Å². The van der Waals surface area contributed by atoms with Crippen molar-refractivity contribution in [1.82, 2.24) is 4.90 Å². The van der Waals surface area contributed by atoms with Gasteiger partial charge in [0.25, 0.3) is 0 Å². The summed E-state index contributed by atoms with van der Waals surface area (Å²) in [5.74, 6) is -0.339. The fourth-order valence-corrected chi connectivity index (χ4v) is 3.87. The molecule has 5 heteroatoms. The summed E-state index contributed by atoms with van der Waals surface area (Å²) in [4.78, 5) is 25.4. The maximum absolute atomic E-state index is 12.0. The second-order valence-electron chi connectivity index (χ2n) is 4.09. The molecule has 0 aliphatic carbocycles. The Kier molecular flexibility index (Phi) is 3.94. The number of carbonyl (C=O) groups is 2. The van der Waals surface area contributed by atoms with Crippen LogP contribution in [0.4, 0.5) is 0 Å². The number of carbonyl (C=O) groups excluding carboxylic acids is 2. The first kappa shape index (κ1) is 12.7.